The summed E-state index contributed by atoms with van der Waals surface area (Å²) < 4.78 is 0. The van der Waals surface area contributed by atoms with Gasteiger partial charge in [-0.15, -0.1) is 0 Å². The molecule has 0 spiro atoms. The molecule has 0 aromatic heterocycles. The zero-order chi connectivity index (χ0) is 20.2. The third-order valence-corrected chi connectivity index (χ3v) is 5.02. The minimum atomic E-state index is -0.349. The van der Waals surface area contributed by atoms with Gasteiger partial charge >= 0.3 is 0 Å². The van der Waals surface area contributed by atoms with Crippen LogP contribution in [0, 0.1) is 6.92 Å². The van der Waals surface area contributed by atoms with Crippen LogP contribution in [0.1, 0.15) is 28.3 Å². The van der Waals surface area contributed by atoms with Crippen LogP contribution in [0.3, 0.4) is 0 Å². The lowest BCUT2D eigenvalue weighted by molar-refractivity contribution is -0.131. The normalized spacial score (nSPS) is 16.2. The Morgan fingerprint density at radius 3 is 2.41 bits per heavy atom. The van der Waals surface area contributed by atoms with Crippen LogP contribution in [0.15, 0.2) is 84.9 Å². The Balaban J connectivity index is 1.78. The van der Waals surface area contributed by atoms with Gasteiger partial charge in [-0.05, 0) is 30.2 Å². The van der Waals surface area contributed by atoms with Crippen molar-refractivity contribution < 1.29 is 9.59 Å². The van der Waals surface area contributed by atoms with Crippen molar-refractivity contribution in [1.29, 1.82) is 0 Å². The van der Waals surface area contributed by atoms with Gasteiger partial charge in [-0.25, -0.2) is 0 Å². The summed E-state index contributed by atoms with van der Waals surface area (Å²) in [6.07, 6.45) is 3.32. The predicted molar refractivity (Wildman–Crippen MR) is 115 cm³/mol. The molecule has 144 valence electrons. The lowest BCUT2D eigenvalue weighted by atomic mass is 9.94. The van der Waals surface area contributed by atoms with Crippen LogP contribution in [0.5, 0.6) is 0 Å². The molecule has 1 aliphatic heterocycles. The van der Waals surface area contributed by atoms with Crippen molar-refractivity contribution in [2.24, 2.45) is 0 Å². The number of rotatable bonds is 3. The van der Waals surface area contributed by atoms with Crippen molar-refractivity contribution in [2.75, 3.05) is 11.9 Å². The van der Waals surface area contributed by atoms with Crippen LogP contribution in [-0.4, -0.2) is 23.3 Å². The van der Waals surface area contributed by atoms with Crippen LogP contribution < -0.4 is 5.32 Å². The van der Waals surface area contributed by atoms with Crippen molar-refractivity contribution in [3.8, 4) is 0 Å². The van der Waals surface area contributed by atoms with Gasteiger partial charge in [0.1, 0.15) is 6.54 Å². The molecule has 1 atom stereocenters. The summed E-state index contributed by atoms with van der Waals surface area (Å²) >= 11 is 0. The Kier molecular flexibility index (Phi) is 5.25. The Morgan fingerprint density at radius 2 is 1.69 bits per heavy atom. The molecule has 29 heavy (non-hydrogen) atoms. The minimum absolute atomic E-state index is 0.00868. The number of hydrogen-bond acceptors (Lipinski definition) is 2. The molecule has 0 unspecified atom stereocenters. The molecule has 0 fully saturated rings. The molecule has 2 amide bonds. The molecular formula is C25H22N2O2. The van der Waals surface area contributed by atoms with Crippen molar-refractivity contribution in [3.63, 3.8) is 0 Å². The second-order valence-corrected chi connectivity index (χ2v) is 7.16. The summed E-state index contributed by atoms with van der Waals surface area (Å²) in [5.41, 5.74) is 4.65. The van der Waals surface area contributed by atoms with Gasteiger partial charge in [0.2, 0.25) is 11.8 Å². The molecule has 0 bridgehead atoms. The lowest BCUT2D eigenvalue weighted by Gasteiger charge is -2.30. The first-order chi connectivity index (χ1) is 14.1. The highest BCUT2D eigenvalue weighted by atomic mass is 16.2. The van der Waals surface area contributed by atoms with Gasteiger partial charge in [-0.2, -0.15) is 0 Å². The second-order valence-electron chi connectivity index (χ2n) is 7.16. The third kappa shape index (κ3) is 4.11. The molecule has 0 saturated heterocycles. The molecule has 0 aliphatic carbocycles. The quantitative estimate of drug-likeness (QED) is 0.674. The molecule has 4 heteroatoms. The van der Waals surface area contributed by atoms with E-state index in [0.29, 0.717) is 0 Å². The Morgan fingerprint density at radius 1 is 1.00 bits per heavy atom. The highest BCUT2D eigenvalue weighted by molar-refractivity contribution is 6.00. The van der Waals surface area contributed by atoms with Gasteiger partial charge in [0.05, 0.1) is 6.04 Å². The van der Waals surface area contributed by atoms with Gasteiger partial charge in [0.25, 0.3) is 0 Å². The summed E-state index contributed by atoms with van der Waals surface area (Å²) in [6.45, 7) is 2.00. The molecule has 1 heterocycles. The van der Waals surface area contributed by atoms with Crippen molar-refractivity contribution in [2.45, 2.75) is 13.0 Å². The maximum atomic E-state index is 13.2. The average Bonchev–Trinajstić information content (AvgIpc) is 2.89. The van der Waals surface area contributed by atoms with E-state index in [4.69, 9.17) is 0 Å². The van der Waals surface area contributed by atoms with Gasteiger partial charge in [-0.1, -0.05) is 78.4 Å². The molecule has 3 aromatic rings. The number of carbonyl (C=O) groups excluding carboxylic acids is 2. The van der Waals surface area contributed by atoms with Crippen LogP contribution in [0.4, 0.5) is 5.69 Å². The minimum Gasteiger partial charge on any atom is -0.324 e. The molecule has 4 rings (SSSR count). The van der Waals surface area contributed by atoms with Gasteiger partial charge in [0.15, 0.2) is 0 Å². The average molecular weight is 382 g/mol. The Labute approximate surface area is 170 Å². The van der Waals surface area contributed by atoms with Crippen molar-refractivity contribution >= 4 is 23.6 Å². The zero-order valence-electron chi connectivity index (χ0n) is 16.2. The molecule has 0 saturated carbocycles. The van der Waals surface area contributed by atoms with E-state index in [1.807, 2.05) is 85.8 Å². The number of anilines is 1. The van der Waals surface area contributed by atoms with E-state index in [1.54, 1.807) is 17.1 Å². The topological polar surface area (TPSA) is 49.4 Å². The summed E-state index contributed by atoms with van der Waals surface area (Å²) in [4.78, 5) is 27.4. The van der Waals surface area contributed by atoms with E-state index in [2.05, 4.69) is 5.32 Å². The summed E-state index contributed by atoms with van der Waals surface area (Å²) in [5.74, 6) is -0.401. The first-order valence-corrected chi connectivity index (χ1v) is 9.61. The first kappa shape index (κ1) is 18.7. The largest absolute Gasteiger partial charge is 0.324 e. The van der Waals surface area contributed by atoms with Gasteiger partial charge in [0, 0.05) is 17.3 Å². The highest BCUT2D eigenvalue weighted by Gasteiger charge is 2.32. The number of aryl methyl sites for hydroxylation is 1. The van der Waals surface area contributed by atoms with Crippen molar-refractivity contribution in [3.05, 3.63) is 107 Å². The molecule has 0 radical (unpaired) electrons. The van der Waals surface area contributed by atoms with Crippen LogP contribution in [-0.2, 0) is 9.59 Å². The van der Waals surface area contributed by atoms with E-state index in [1.165, 1.54) is 0 Å². The number of amides is 2. The Hall–Kier alpha value is -3.66. The van der Waals surface area contributed by atoms with Crippen LogP contribution in [0.2, 0.25) is 0 Å². The summed E-state index contributed by atoms with van der Waals surface area (Å²) in [5, 5.41) is 2.95. The second kappa shape index (κ2) is 8.15. The summed E-state index contributed by atoms with van der Waals surface area (Å²) in [7, 11) is 0. The monoisotopic (exact) mass is 382 g/mol. The number of fused-ring (bicyclic) bond motifs is 1. The third-order valence-electron chi connectivity index (χ3n) is 5.02. The fourth-order valence-electron chi connectivity index (χ4n) is 3.65. The molecule has 1 aliphatic rings. The fourth-order valence-corrected chi connectivity index (χ4v) is 3.65. The lowest BCUT2D eigenvalue weighted by Crippen LogP contribution is -2.38. The number of nitrogens with one attached hydrogen (secondary N) is 1. The summed E-state index contributed by atoms with van der Waals surface area (Å²) in [6, 6.07) is 25.1. The van der Waals surface area contributed by atoms with E-state index < -0.39 is 0 Å². The van der Waals surface area contributed by atoms with Gasteiger partial charge < -0.3 is 10.2 Å². The standard InChI is InChI=1S/C25H22N2O2/c1-18-12-14-22-21(16-18)25(20-10-6-3-7-11-20)27(17-23(28)26-22)24(29)15-13-19-8-4-2-5-9-19/h2-16,25H,17H2,1H3,(H,26,28)/b15-13+/t25-/m1/s1. The number of carbonyl (C=O) groups is 2. The number of nitrogens with zero attached hydrogens (tertiary/aromatic N) is 1. The number of hydrogen-bond donors (Lipinski definition) is 1. The SMILES string of the molecule is Cc1ccc2c(c1)[C@@H](c1ccccc1)N(C(=O)/C=C/c1ccccc1)CC(=O)N2. The van der Waals surface area contributed by atoms with Crippen LogP contribution >= 0.6 is 0 Å². The molecule has 1 N–H and O–H groups in total. The molecule has 3 aromatic carbocycles. The zero-order valence-corrected chi connectivity index (χ0v) is 16.2. The van der Waals surface area contributed by atoms with E-state index in [-0.39, 0.29) is 24.4 Å². The maximum absolute atomic E-state index is 13.2. The van der Waals surface area contributed by atoms with E-state index in [0.717, 1.165) is 27.9 Å². The number of benzene rings is 3. The van der Waals surface area contributed by atoms with Gasteiger partial charge in [-0.3, -0.25) is 9.59 Å². The smallest absolute Gasteiger partial charge is 0.247 e. The predicted octanol–water partition coefficient (Wildman–Crippen LogP) is 4.58. The molecular weight excluding hydrogens is 360 g/mol. The molecule has 4 nitrogen and oxygen atoms in total. The van der Waals surface area contributed by atoms with Crippen molar-refractivity contribution in [1.82, 2.24) is 4.90 Å². The maximum Gasteiger partial charge on any atom is 0.247 e. The van der Waals surface area contributed by atoms with E-state index >= 15 is 0 Å². The first-order valence-electron chi connectivity index (χ1n) is 9.61. The van der Waals surface area contributed by atoms with E-state index in [9.17, 15) is 9.59 Å². The van der Waals surface area contributed by atoms with Crippen LogP contribution in [0.25, 0.3) is 6.08 Å². The fraction of sp³-hybridized carbons (Fsp3) is 0.120. The highest BCUT2D eigenvalue weighted by Crippen LogP contribution is 2.36. The Bertz CT molecular complexity index is 1060.